The van der Waals surface area contributed by atoms with Crippen LogP contribution >= 0.6 is 0 Å². The number of hydrogen-bond acceptors (Lipinski definition) is 3. The van der Waals surface area contributed by atoms with Crippen LogP contribution in [0.3, 0.4) is 0 Å². The highest BCUT2D eigenvalue weighted by Crippen LogP contribution is 2.51. The quantitative estimate of drug-likeness (QED) is 0.884. The van der Waals surface area contributed by atoms with Gasteiger partial charge >= 0.3 is 12.1 Å². The molecule has 0 aromatic carbocycles. The molecule has 0 bridgehead atoms. The number of pyridine rings is 1. The summed E-state index contributed by atoms with van der Waals surface area (Å²) in [5, 5.41) is 10.1. The Balaban J connectivity index is 2.69. The van der Waals surface area contributed by atoms with E-state index in [1.807, 2.05) is 0 Å². The molecule has 0 aliphatic carbocycles. The Hall–Kier alpha value is -1.96. The monoisotopic (exact) mass is 293 g/mol. The number of rotatable bonds is 3. The average Bonchev–Trinajstić information content (AvgIpc) is 2.91. The summed E-state index contributed by atoms with van der Waals surface area (Å²) < 4.78 is 70.0. The van der Waals surface area contributed by atoms with Gasteiger partial charge in [-0.3, -0.25) is 4.98 Å². The van der Waals surface area contributed by atoms with Gasteiger partial charge in [-0.25, -0.2) is 0 Å². The van der Waals surface area contributed by atoms with E-state index in [-0.39, 0.29) is 0 Å². The Morgan fingerprint density at radius 1 is 0.950 bits per heavy atom. The molecule has 0 aliphatic rings. The summed E-state index contributed by atoms with van der Waals surface area (Å²) in [5.41, 5.74) is -4.94. The zero-order valence-electron chi connectivity index (χ0n) is 9.73. The number of halogens is 5. The molecule has 2 aromatic heterocycles. The van der Waals surface area contributed by atoms with Crippen molar-refractivity contribution in [3.05, 3.63) is 54.2 Å². The van der Waals surface area contributed by atoms with E-state index in [4.69, 9.17) is 0 Å². The van der Waals surface area contributed by atoms with Crippen LogP contribution in [0.4, 0.5) is 22.0 Å². The van der Waals surface area contributed by atoms with Crippen molar-refractivity contribution < 1.29 is 31.5 Å². The van der Waals surface area contributed by atoms with Crippen LogP contribution in [0.2, 0.25) is 0 Å². The first-order valence-corrected chi connectivity index (χ1v) is 5.31. The smallest absolute Gasteiger partial charge is 0.457 e. The highest BCUT2D eigenvalue weighted by molar-refractivity contribution is 5.37. The van der Waals surface area contributed by atoms with Crippen molar-refractivity contribution in [2.24, 2.45) is 0 Å². The second kappa shape index (κ2) is 4.55. The third kappa shape index (κ3) is 1.96. The third-order valence-electron chi connectivity index (χ3n) is 2.85. The molecule has 1 unspecified atom stereocenters. The van der Waals surface area contributed by atoms with E-state index in [0.717, 1.165) is 36.9 Å². The first-order chi connectivity index (χ1) is 9.21. The molecule has 0 saturated carbocycles. The molecule has 0 amide bonds. The molecular weight excluding hydrogens is 285 g/mol. The molecule has 20 heavy (non-hydrogen) atoms. The van der Waals surface area contributed by atoms with E-state index >= 15 is 0 Å². The average molecular weight is 293 g/mol. The summed E-state index contributed by atoms with van der Waals surface area (Å²) in [5.74, 6) is -5.41. The number of aromatic nitrogens is 1. The lowest BCUT2D eigenvalue weighted by Crippen LogP contribution is -2.55. The van der Waals surface area contributed by atoms with Crippen LogP contribution in [0, 0.1) is 0 Å². The zero-order chi connectivity index (χ0) is 15.0. The lowest BCUT2D eigenvalue weighted by molar-refractivity contribution is -0.336. The van der Waals surface area contributed by atoms with E-state index in [9.17, 15) is 27.1 Å². The van der Waals surface area contributed by atoms with Gasteiger partial charge in [-0.1, -0.05) is 0 Å². The van der Waals surface area contributed by atoms with Crippen molar-refractivity contribution >= 4 is 0 Å². The van der Waals surface area contributed by atoms with Crippen LogP contribution in [0.15, 0.2) is 47.5 Å². The standard InChI is InChI=1S/C12H8F5NO2/c13-11(14,12(15,16)17)10(19,9-3-6-20-7-9)8-1-4-18-5-2-8/h1-7,19H. The highest BCUT2D eigenvalue weighted by atomic mass is 19.4. The molecule has 0 spiro atoms. The van der Waals surface area contributed by atoms with E-state index in [1.54, 1.807) is 0 Å². The predicted molar refractivity (Wildman–Crippen MR) is 56.9 cm³/mol. The second-order valence-electron chi connectivity index (χ2n) is 4.03. The van der Waals surface area contributed by atoms with Gasteiger partial charge in [-0.15, -0.1) is 0 Å². The lowest BCUT2D eigenvalue weighted by atomic mass is 9.82. The van der Waals surface area contributed by atoms with Gasteiger partial charge < -0.3 is 9.52 Å². The minimum absolute atomic E-state index is 0.639. The van der Waals surface area contributed by atoms with Crippen molar-refractivity contribution in [1.29, 1.82) is 0 Å². The topological polar surface area (TPSA) is 46.3 Å². The van der Waals surface area contributed by atoms with Crippen LogP contribution in [-0.2, 0) is 5.60 Å². The fourth-order valence-corrected chi connectivity index (χ4v) is 1.80. The summed E-state index contributed by atoms with van der Waals surface area (Å²) in [6, 6.07) is 2.61. The Labute approximate surface area is 109 Å². The fourth-order valence-electron chi connectivity index (χ4n) is 1.80. The molecule has 0 saturated heterocycles. The molecule has 0 fully saturated rings. The molecule has 2 rings (SSSR count). The van der Waals surface area contributed by atoms with E-state index in [1.165, 1.54) is 0 Å². The van der Waals surface area contributed by atoms with Crippen LogP contribution in [0.25, 0.3) is 0 Å². The van der Waals surface area contributed by atoms with E-state index in [2.05, 4.69) is 9.40 Å². The number of alkyl halides is 5. The first-order valence-electron chi connectivity index (χ1n) is 5.31. The van der Waals surface area contributed by atoms with Gasteiger partial charge in [0.05, 0.1) is 12.5 Å². The molecule has 2 heterocycles. The van der Waals surface area contributed by atoms with Crippen molar-refractivity contribution in [2.75, 3.05) is 0 Å². The van der Waals surface area contributed by atoms with Crippen LogP contribution in [-0.4, -0.2) is 22.2 Å². The molecule has 2 aromatic rings. The summed E-state index contributed by atoms with van der Waals surface area (Å²) >= 11 is 0. The van der Waals surface area contributed by atoms with Crippen LogP contribution in [0.5, 0.6) is 0 Å². The van der Waals surface area contributed by atoms with Gasteiger partial charge in [-0.05, 0) is 23.8 Å². The Morgan fingerprint density at radius 2 is 1.55 bits per heavy atom. The van der Waals surface area contributed by atoms with Gasteiger partial charge in [-0.2, -0.15) is 22.0 Å². The first kappa shape index (κ1) is 14.4. The zero-order valence-corrected chi connectivity index (χ0v) is 9.73. The van der Waals surface area contributed by atoms with E-state index in [0.29, 0.717) is 6.26 Å². The van der Waals surface area contributed by atoms with E-state index < -0.39 is 28.8 Å². The fraction of sp³-hybridized carbons (Fsp3) is 0.250. The maximum atomic E-state index is 13.8. The van der Waals surface area contributed by atoms with Crippen molar-refractivity contribution in [3.8, 4) is 0 Å². The molecule has 0 radical (unpaired) electrons. The van der Waals surface area contributed by atoms with Crippen molar-refractivity contribution in [3.63, 3.8) is 0 Å². The Morgan fingerprint density at radius 3 is 2.00 bits per heavy atom. The molecule has 8 heteroatoms. The molecular formula is C12H8F5NO2. The van der Waals surface area contributed by atoms with Gasteiger partial charge in [0.1, 0.15) is 0 Å². The molecule has 0 aliphatic heterocycles. The van der Waals surface area contributed by atoms with Gasteiger partial charge in [0, 0.05) is 18.0 Å². The summed E-state index contributed by atoms with van der Waals surface area (Å²) in [7, 11) is 0. The lowest BCUT2D eigenvalue weighted by Gasteiger charge is -2.36. The maximum absolute atomic E-state index is 13.8. The minimum Gasteiger partial charge on any atom is -0.472 e. The van der Waals surface area contributed by atoms with Crippen LogP contribution in [0.1, 0.15) is 11.1 Å². The van der Waals surface area contributed by atoms with Crippen LogP contribution < -0.4 is 0 Å². The number of aliphatic hydroxyl groups is 1. The molecule has 108 valence electrons. The SMILES string of the molecule is OC(c1ccncc1)(c1ccoc1)C(F)(F)C(F)(F)F. The molecule has 1 N–H and O–H groups in total. The number of nitrogens with zero attached hydrogens (tertiary/aromatic N) is 1. The van der Waals surface area contributed by atoms with Gasteiger partial charge in [0.2, 0.25) is 0 Å². The van der Waals surface area contributed by atoms with Gasteiger partial charge in [0.25, 0.3) is 0 Å². The molecule has 3 nitrogen and oxygen atoms in total. The number of hydrogen-bond donors (Lipinski definition) is 1. The number of furan rings is 1. The summed E-state index contributed by atoms with van der Waals surface area (Å²) in [4.78, 5) is 3.52. The van der Waals surface area contributed by atoms with Crippen molar-refractivity contribution in [2.45, 2.75) is 17.7 Å². The predicted octanol–water partition coefficient (Wildman–Crippen LogP) is 3.11. The normalized spacial score (nSPS) is 15.9. The highest BCUT2D eigenvalue weighted by Gasteiger charge is 2.71. The minimum atomic E-state index is -5.94. The van der Waals surface area contributed by atoms with Crippen molar-refractivity contribution in [1.82, 2.24) is 4.98 Å². The Kier molecular flexibility index (Phi) is 3.29. The largest absolute Gasteiger partial charge is 0.472 e. The summed E-state index contributed by atoms with van der Waals surface area (Å²) in [6.07, 6.45) is -2.39. The van der Waals surface area contributed by atoms with Gasteiger partial charge in [0.15, 0.2) is 5.60 Å². The second-order valence-corrected chi connectivity index (χ2v) is 4.03. The molecule has 1 atom stereocenters. The maximum Gasteiger partial charge on any atom is 0.457 e. The third-order valence-corrected chi connectivity index (χ3v) is 2.85. The Bertz CT molecular complexity index is 567. The summed E-state index contributed by atoms with van der Waals surface area (Å²) in [6.45, 7) is 0.